The molecular weight excluding hydrogens is 416 g/mol. The highest BCUT2D eigenvalue weighted by Crippen LogP contribution is 2.40. The van der Waals surface area contributed by atoms with Gasteiger partial charge in [-0.05, 0) is 69.4 Å². The molecule has 2 saturated carbocycles. The average molecular weight is 449 g/mol. The fraction of sp³-hybridized carbons (Fsp3) is 0.583. The number of aromatic amines is 1. The van der Waals surface area contributed by atoms with Crippen molar-refractivity contribution in [3.8, 4) is 0 Å². The van der Waals surface area contributed by atoms with Gasteiger partial charge in [-0.1, -0.05) is 0 Å². The summed E-state index contributed by atoms with van der Waals surface area (Å²) >= 11 is 0. The van der Waals surface area contributed by atoms with Crippen LogP contribution in [0.4, 0.5) is 17.6 Å². The van der Waals surface area contributed by atoms with Crippen LogP contribution >= 0.6 is 0 Å². The number of H-pyrrole nitrogens is 1. The third kappa shape index (κ3) is 4.21. The number of hydrogen-bond donors (Lipinski definition) is 3. The molecule has 4 heterocycles. The van der Waals surface area contributed by atoms with Gasteiger partial charge in [-0.2, -0.15) is 10.1 Å². The maximum Gasteiger partial charge on any atom is 0.246 e. The summed E-state index contributed by atoms with van der Waals surface area (Å²) in [6.45, 7) is 0.798. The van der Waals surface area contributed by atoms with Gasteiger partial charge in [0.05, 0.1) is 6.04 Å². The van der Waals surface area contributed by atoms with Crippen molar-refractivity contribution in [3.63, 3.8) is 0 Å². The van der Waals surface area contributed by atoms with E-state index in [2.05, 4.69) is 26.5 Å². The van der Waals surface area contributed by atoms with Gasteiger partial charge in [-0.3, -0.25) is 9.89 Å². The Morgan fingerprint density at radius 1 is 1.18 bits per heavy atom. The molecule has 174 valence electrons. The number of nitrogens with one attached hydrogen (secondary N) is 2. The van der Waals surface area contributed by atoms with Gasteiger partial charge < -0.3 is 16.0 Å². The number of anilines is 3. The van der Waals surface area contributed by atoms with Crippen LogP contribution in [0.2, 0.25) is 0 Å². The van der Waals surface area contributed by atoms with Crippen LogP contribution in [0.5, 0.6) is 0 Å². The number of fused-ring (bicyclic) bond motifs is 1. The van der Waals surface area contributed by atoms with Crippen LogP contribution in [0.3, 0.4) is 0 Å². The molecule has 1 aliphatic heterocycles. The Morgan fingerprint density at radius 2 is 2.03 bits per heavy atom. The minimum absolute atomic E-state index is 0.145. The van der Waals surface area contributed by atoms with Gasteiger partial charge in [-0.25, -0.2) is 4.52 Å². The largest absolute Gasteiger partial charge is 0.329 e. The summed E-state index contributed by atoms with van der Waals surface area (Å²) < 4.78 is 1.83. The van der Waals surface area contributed by atoms with E-state index in [1.165, 1.54) is 18.5 Å². The summed E-state index contributed by atoms with van der Waals surface area (Å²) in [5.74, 6) is 3.46. The Kier molecular flexibility index (Phi) is 5.28. The monoisotopic (exact) mass is 448 g/mol. The van der Waals surface area contributed by atoms with Crippen LogP contribution < -0.4 is 16.0 Å². The SMILES string of the molecule is NC1CCC(CC(=O)[C@@H]2CCCN2c2nc(Nc3cc(C4CC4)[nH]n3)c3cccn3n2)CC1. The van der Waals surface area contributed by atoms with Crippen molar-refractivity contribution in [1.82, 2.24) is 24.8 Å². The number of rotatable bonds is 7. The number of carbonyl (C=O) groups is 1. The van der Waals surface area contributed by atoms with Crippen LogP contribution in [-0.2, 0) is 4.79 Å². The highest BCUT2D eigenvalue weighted by atomic mass is 16.1. The molecule has 0 amide bonds. The molecule has 4 N–H and O–H groups in total. The van der Waals surface area contributed by atoms with E-state index in [9.17, 15) is 4.79 Å². The molecule has 9 heteroatoms. The molecule has 3 aliphatic rings. The number of nitrogens with two attached hydrogens (primary N) is 1. The molecule has 0 aromatic carbocycles. The molecule has 1 saturated heterocycles. The minimum atomic E-state index is -0.145. The Bertz CT molecular complexity index is 1140. The standard InChI is InChI=1S/C24H32N8O/c25-17-9-5-15(6-10-17)13-21(33)19-3-1-11-31(19)24-27-23(20-4-2-12-32(20)30-24)26-22-14-18(28-29-22)16-7-8-16/h2,4,12,14-17,19H,1,3,5-11,13,25H2,(H2,26,27,28,29,30)/t15?,17?,19-/m0/s1. The molecule has 3 fully saturated rings. The second kappa shape index (κ2) is 8.44. The molecule has 0 spiro atoms. The Labute approximate surface area is 193 Å². The van der Waals surface area contributed by atoms with Gasteiger partial charge in [0.25, 0.3) is 0 Å². The molecule has 2 aliphatic carbocycles. The minimum Gasteiger partial charge on any atom is -0.329 e. The van der Waals surface area contributed by atoms with Gasteiger partial charge in [0.2, 0.25) is 5.95 Å². The number of ketones is 1. The summed E-state index contributed by atoms with van der Waals surface area (Å²) in [5.41, 5.74) is 8.11. The number of aromatic nitrogens is 5. The van der Waals surface area contributed by atoms with Crippen molar-refractivity contribution in [2.45, 2.75) is 75.8 Å². The highest BCUT2D eigenvalue weighted by Gasteiger charge is 2.34. The summed E-state index contributed by atoms with van der Waals surface area (Å²) in [4.78, 5) is 20.2. The third-order valence-corrected chi connectivity index (χ3v) is 7.50. The predicted octanol–water partition coefficient (Wildman–Crippen LogP) is 3.52. The number of hydrogen-bond acceptors (Lipinski definition) is 7. The van der Waals surface area contributed by atoms with Crippen LogP contribution in [-0.4, -0.2) is 49.2 Å². The Balaban J connectivity index is 1.23. The molecule has 33 heavy (non-hydrogen) atoms. The molecule has 0 bridgehead atoms. The Morgan fingerprint density at radius 3 is 2.85 bits per heavy atom. The summed E-state index contributed by atoms with van der Waals surface area (Å²) in [6.07, 6.45) is 11.0. The molecule has 0 unspecified atom stereocenters. The fourth-order valence-electron chi connectivity index (χ4n) is 5.42. The normalized spacial score (nSPS) is 25.6. The lowest BCUT2D eigenvalue weighted by Crippen LogP contribution is -2.39. The summed E-state index contributed by atoms with van der Waals surface area (Å²) in [6, 6.07) is 6.17. The topological polar surface area (TPSA) is 117 Å². The van der Waals surface area contributed by atoms with Gasteiger partial charge in [0.15, 0.2) is 17.4 Å². The van der Waals surface area contributed by atoms with Crippen molar-refractivity contribution in [2.24, 2.45) is 11.7 Å². The molecule has 3 aromatic heterocycles. The zero-order valence-electron chi connectivity index (χ0n) is 18.9. The van der Waals surface area contributed by atoms with Crippen LogP contribution in [0.15, 0.2) is 24.4 Å². The first-order valence-corrected chi connectivity index (χ1v) is 12.4. The van der Waals surface area contributed by atoms with E-state index in [-0.39, 0.29) is 6.04 Å². The zero-order valence-corrected chi connectivity index (χ0v) is 18.9. The Hall–Kier alpha value is -2.94. The summed E-state index contributed by atoms with van der Waals surface area (Å²) in [7, 11) is 0. The molecule has 0 radical (unpaired) electrons. The average Bonchev–Trinajstić information content (AvgIpc) is 3.20. The lowest BCUT2D eigenvalue weighted by molar-refractivity contribution is -0.121. The smallest absolute Gasteiger partial charge is 0.246 e. The molecule has 1 atom stereocenters. The van der Waals surface area contributed by atoms with E-state index in [0.717, 1.165) is 56.4 Å². The van der Waals surface area contributed by atoms with Crippen molar-refractivity contribution < 1.29 is 4.79 Å². The van der Waals surface area contributed by atoms with Crippen molar-refractivity contribution >= 4 is 28.9 Å². The van der Waals surface area contributed by atoms with Crippen LogP contribution in [0, 0.1) is 5.92 Å². The van der Waals surface area contributed by atoms with Gasteiger partial charge in [-0.15, -0.1) is 5.10 Å². The van der Waals surface area contributed by atoms with Crippen LogP contribution in [0.25, 0.3) is 5.52 Å². The van der Waals surface area contributed by atoms with E-state index in [1.54, 1.807) is 0 Å². The van der Waals surface area contributed by atoms with Gasteiger partial charge >= 0.3 is 0 Å². The van der Waals surface area contributed by atoms with E-state index >= 15 is 0 Å². The van der Waals surface area contributed by atoms with Gasteiger partial charge in [0.1, 0.15) is 5.52 Å². The van der Waals surface area contributed by atoms with E-state index in [1.807, 2.05) is 22.8 Å². The lowest BCUT2D eigenvalue weighted by Gasteiger charge is -2.28. The lowest BCUT2D eigenvalue weighted by atomic mass is 9.82. The van der Waals surface area contributed by atoms with Gasteiger partial charge in [0, 0.05) is 42.9 Å². The van der Waals surface area contributed by atoms with Crippen molar-refractivity contribution in [1.29, 1.82) is 0 Å². The van der Waals surface area contributed by atoms with Crippen molar-refractivity contribution in [3.05, 3.63) is 30.1 Å². The second-order valence-electron chi connectivity index (χ2n) is 10.0. The predicted molar refractivity (Wildman–Crippen MR) is 127 cm³/mol. The second-order valence-corrected chi connectivity index (χ2v) is 10.0. The molecule has 3 aromatic rings. The van der Waals surface area contributed by atoms with E-state index in [0.29, 0.717) is 41.8 Å². The first-order chi connectivity index (χ1) is 16.1. The first-order valence-electron chi connectivity index (χ1n) is 12.4. The molecule has 6 rings (SSSR count). The quantitative estimate of drug-likeness (QED) is 0.506. The first kappa shape index (κ1) is 20.7. The molecular formula is C24H32N8O. The number of nitrogens with zero attached hydrogens (tertiary/aromatic N) is 5. The van der Waals surface area contributed by atoms with Crippen molar-refractivity contribution in [2.75, 3.05) is 16.8 Å². The fourth-order valence-corrected chi connectivity index (χ4v) is 5.42. The highest BCUT2D eigenvalue weighted by molar-refractivity contribution is 5.87. The van der Waals surface area contributed by atoms with Crippen LogP contribution in [0.1, 0.15) is 69.4 Å². The van der Waals surface area contributed by atoms with E-state index < -0.39 is 0 Å². The number of carbonyl (C=O) groups excluding carboxylic acids is 1. The zero-order chi connectivity index (χ0) is 22.4. The summed E-state index contributed by atoms with van der Waals surface area (Å²) in [5, 5.41) is 15.7. The maximum atomic E-state index is 13.3. The van der Waals surface area contributed by atoms with E-state index in [4.69, 9.17) is 15.8 Å². The third-order valence-electron chi connectivity index (χ3n) is 7.50. The molecule has 9 nitrogen and oxygen atoms in total. The number of Topliss-reactive ketones (excluding diaryl/α,β-unsaturated/α-hetero) is 1. The maximum absolute atomic E-state index is 13.3.